The third kappa shape index (κ3) is 3.20. The Morgan fingerprint density at radius 3 is 2.67 bits per heavy atom. The molecular weight excluding hydrogens is 383 g/mol. The molecule has 0 amide bonds. The van der Waals surface area contributed by atoms with Crippen LogP contribution in [-0.4, -0.2) is 20.6 Å². The number of rotatable bonds is 5. The molecule has 2 aromatic carbocycles. The maximum atomic E-state index is 14.7. The average molecular weight is 404 g/mol. The van der Waals surface area contributed by atoms with Gasteiger partial charge in [0, 0.05) is 33.8 Å². The van der Waals surface area contributed by atoms with Gasteiger partial charge in [-0.3, -0.25) is 4.79 Å². The Morgan fingerprint density at radius 1 is 1.17 bits per heavy atom. The summed E-state index contributed by atoms with van der Waals surface area (Å²) in [5.41, 5.74) is 2.77. The van der Waals surface area contributed by atoms with E-state index >= 15 is 0 Å². The summed E-state index contributed by atoms with van der Waals surface area (Å²) in [4.78, 5) is 27.5. The fourth-order valence-electron chi connectivity index (χ4n) is 3.90. The van der Waals surface area contributed by atoms with E-state index in [0.717, 1.165) is 12.0 Å². The van der Waals surface area contributed by atoms with Crippen LogP contribution >= 0.6 is 0 Å². The van der Waals surface area contributed by atoms with Crippen LogP contribution in [0.1, 0.15) is 34.1 Å². The van der Waals surface area contributed by atoms with E-state index in [1.54, 1.807) is 41.8 Å². The van der Waals surface area contributed by atoms with Crippen molar-refractivity contribution < 1.29 is 14.3 Å². The minimum Gasteiger partial charge on any atom is -0.477 e. The van der Waals surface area contributed by atoms with Gasteiger partial charge in [0.25, 0.3) is 5.56 Å². The molecule has 0 radical (unpaired) electrons. The van der Waals surface area contributed by atoms with Gasteiger partial charge in [-0.1, -0.05) is 31.2 Å². The average Bonchev–Trinajstić information content (AvgIpc) is 3.05. The lowest BCUT2D eigenvalue weighted by Gasteiger charge is -2.11. The molecule has 2 N–H and O–H groups in total. The summed E-state index contributed by atoms with van der Waals surface area (Å²) < 4.78 is 16.3. The molecule has 0 aliphatic heterocycles. The highest BCUT2D eigenvalue weighted by atomic mass is 19.1. The zero-order chi connectivity index (χ0) is 21.4. The maximum Gasteiger partial charge on any atom is 0.353 e. The number of hydrogen-bond donors (Lipinski definition) is 2. The number of carboxylic acid groups (broad SMARTS) is 1. The largest absolute Gasteiger partial charge is 0.477 e. The molecule has 0 spiro atoms. The quantitative estimate of drug-likeness (QED) is 0.504. The van der Waals surface area contributed by atoms with Crippen molar-refractivity contribution in [3.05, 3.63) is 93.3 Å². The van der Waals surface area contributed by atoms with Gasteiger partial charge in [0.05, 0.1) is 6.54 Å². The van der Waals surface area contributed by atoms with Crippen molar-refractivity contribution >= 4 is 16.9 Å². The molecule has 4 rings (SSSR count). The van der Waals surface area contributed by atoms with Gasteiger partial charge in [0.15, 0.2) is 0 Å². The van der Waals surface area contributed by atoms with Crippen LogP contribution in [0.3, 0.4) is 0 Å². The first-order chi connectivity index (χ1) is 14.4. The van der Waals surface area contributed by atoms with E-state index in [1.165, 1.54) is 6.20 Å². The zero-order valence-electron chi connectivity index (χ0n) is 16.7. The Bertz CT molecular complexity index is 1330. The molecule has 0 unspecified atom stereocenters. The number of nitrogens with one attached hydrogen (secondary N) is 1. The van der Waals surface area contributed by atoms with Crippen LogP contribution in [0, 0.1) is 12.7 Å². The Hall–Kier alpha value is -3.67. The Balaban J connectivity index is 2.09. The zero-order valence-corrected chi connectivity index (χ0v) is 16.7. The molecule has 2 aromatic heterocycles. The molecule has 0 fully saturated rings. The first-order valence-electron chi connectivity index (χ1n) is 9.72. The second-order valence-corrected chi connectivity index (χ2v) is 7.28. The van der Waals surface area contributed by atoms with Crippen LogP contribution in [-0.2, 0) is 13.0 Å². The molecule has 2 heterocycles. The molecule has 152 valence electrons. The van der Waals surface area contributed by atoms with E-state index in [2.05, 4.69) is 4.98 Å². The van der Waals surface area contributed by atoms with Crippen molar-refractivity contribution in [2.45, 2.75) is 26.8 Å². The summed E-state index contributed by atoms with van der Waals surface area (Å²) in [5, 5.41) is 10.8. The predicted octanol–water partition coefficient (Wildman–Crippen LogP) is 4.75. The van der Waals surface area contributed by atoms with Gasteiger partial charge in [0.2, 0.25) is 0 Å². The van der Waals surface area contributed by atoms with Gasteiger partial charge in [0.1, 0.15) is 11.5 Å². The fourth-order valence-corrected chi connectivity index (χ4v) is 3.90. The fraction of sp³-hybridized carbons (Fsp3) is 0.167. The van der Waals surface area contributed by atoms with Crippen LogP contribution in [0.25, 0.3) is 22.0 Å². The molecule has 6 heteroatoms. The van der Waals surface area contributed by atoms with E-state index < -0.39 is 5.97 Å². The summed E-state index contributed by atoms with van der Waals surface area (Å²) in [6, 6.07) is 14.0. The summed E-state index contributed by atoms with van der Waals surface area (Å²) >= 11 is 0. The predicted molar refractivity (Wildman–Crippen MR) is 115 cm³/mol. The van der Waals surface area contributed by atoms with Gasteiger partial charge >= 0.3 is 5.97 Å². The van der Waals surface area contributed by atoms with Crippen molar-refractivity contribution in [3.8, 4) is 11.1 Å². The number of benzene rings is 2. The molecule has 5 nitrogen and oxygen atoms in total. The summed E-state index contributed by atoms with van der Waals surface area (Å²) in [6.07, 6.45) is 2.27. The second kappa shape index (κ2) is 7.63. The lowest BCUT2D eigenvalue weighted by atomic mass is 10.0. The van der Waals surface area contributed by atoms with Crippen LogP contribution in [0.4, 0.5) is 4.39 Å². The second-order valence-electron chi connectivity index (χ2n) is 7.28. The number of fused-ring (bicyclic) bond motifs is 1. The minimum atomic E-state index is -1.17. The first kappa shape index (κ1) is 19.6. The number of halogens is 1. The van der Waals surface area contributed by atoms with Crippen molar-refractivity contribution in [1.29, 1.82) is 0 Å². The number of aromatic nitrogens is 2. The minimum absolute atomic E-state index is 0.0316. The number of aryl methyl sites for hydroxylation is 2. The highest BCUT2D eigenvalue weighted by molar-refractivity contribution is 6.08. The van der Waals surface area contributed by atoms with E-state index in [0.29, 0.717) is 27.6 Å². The van der Waals surface area contributed by atoms with Gasteiger partial charge < -0.3 is 14.7 Å². The van der Waals surface area contributed by atoms with Gasteiger partial charge in [-0.05, 0) is 48.7 Å². The smallest absolute Gasteiger partial charge is 0.353 e. The lowest BCUT2D eigenvalue weighted by molar-refractivity contribution is 0.0687. The summed E-state index contributed by atoms with van der Waals surface area (Å²) in [7, 11) is 0. The number of carboxylic acids is 1. The number of carbonyl (C=O) groups is 1. The maximum absolute atomic E-state index is 14.7. The molecular formula is C24H21FN2O3. The number of aromatic amines is 1. The van der Waals surface area contributed by atoms with E-state index in [9.17, 15) is 19.1 Å². The van der Waals surface area contributed by atoms with E-state index in [1.807, 2.05) is 25.1 Å². The Labute approximate surface area is 172 Å². The van der Waals surface area contributed by atoms with Crippen LogP contribution in [0.5, 0.6) is 0 Å². The highest BCUT2D eigenvalue weighted by Crippen LogP contribution is 2.35. The standard InChI is InChI=1S/C24H21FN2O3/c1-3-15-9-10-19-18(12-15)20(17-8-5-11-26-23(17)28)22(24(29)30)27(19)13-16-7-4-6-14(2)21(16)25/h4-12H,3,13H2,1-2H3,(H,26,28)(H,29,30). The van der Waals surface area contributed by atoms with Crippen molar-refractivity contribution in [3.63, 3.8) is 0 Å². The summed E-state index contributed by atoms with van der Waals surface area (Å²) in [6.45, 7) is 3.72. The number of nitrogens with zero attached hydrogens (tertiary/aromatic N) is 1. The molecule has 0 saturated heterocycles. The number of pyridine rings is 1. The van der Waals surface area contributed by atoms with E-state index in [4.69, 9.17) is 0 Å². The molecule has 0 atom stereocenters. The van der Waals surface area contributed by atoms with Crippen LogP contribution in [0.15, 0.2) is 59.5 Å². The van der Waals surface area contributed by atoms with Crippen molar-refractivity contribution in [1.82, 2.24) is 9.55 Å². The number of hydrogen-bond acceptors (Lipinski definition) is 2. The number of aromatic carboxylic acids is 1. The molecule has 4 aromatic rings. The van der Waals surface area contributed by atoms with Crippen LogP contribution < -0.4 is 5.56 Å². The molecule has 0 bridgehead atoms. The van der Waals surface area contributed by atoms with Crippen molar-refractivity contribution in [2.75, 3.05) is 0 Å². The normalized spacial score (nSPS) is 11.2. The van der Waals surface area contributed by atoms with Gasteiger partial charge in [-0.2, -0.15) is 0 Å². The lowest BCUT2D eigenvalue weighted by Crippen LogP contribution is -2.14. The SMILES string of the molecule is CCc1ccc2c(c1)c(-c1ccc[nH]c1=O)c(C(=O)O)n2Cc1cccc(C)c1F. The molecule has 30 heavy (non-hydrogen) atoms. The molecule has 0 aliphatic rings. The monoisotopic (exact) mass is 404 g/mol. The van der Waals surface area contributed by atoms with E-state index in [-0.39, 0.29) is 29.2 Å². The molecule has 0 saturated carbocycles. The number of H-pyrrole nitrogens is 1. The van der Waals surface area contributed by atoms with Gasteiger partial charge in [-0.15, -0.1) is 0 Å². The summed E-state index contributed by atoms with van der Waals surface area (Å²) in [5.74, 6) is -1.53. The molecule has 0 aliphatic carbocycles. The third-order valence-corrected chi connectivity index (χ3v) is 5.43. The topological polar surface area (TPSA) is 75.1 Å². The highest BCUT2D eigenvalue weighted by Gasteiger charge is 2.26. The van der Waals surface area contributed by atoms with Crippen LogP contribution in [0.2, 0.25) is 0 Å². The Morgan fingerprint density at radius 2 is 1.97 bits per heavy atom. The first-order valence-corrected chi connectivity index (χ1v) is 9.72. The Kier molecular flexibility index (Phi) is 4.99. The van der Waals surface area contributed by atoms with Crippen molar-refractivity contribution in [2.24, 2.45) is 0 Å². The van der Waals surface area contributed by atoms with Gasteiger partial charge in [-0.25, -0.2) is 9.18 Å². The third-order valence-electron chi connectivity index (χ3n) is 5.43.